The van der Waals surface area contributed by atoms with Gasteiger partial charge < -0.3 is 9.57 Å². The van der Waals surface area contributed by atoms with E-state index in [0.29, 0.717) is 0 Å². The number of hydroxylamine groups is 2. The summed E-state index contributed by atoms with van der Waals surface area (Å²) < 4.78 is 6.40. The van der Waals surface area contributed by atoms with Crippen molar-refractivity contribution >= 4 is 22.1 Å². The molecule has 0 radical (unpaired) electrons. The first-order valence-corrected chi connectivity index (χ1v) is 8.59. The highest BCUT2D eigenvalue weighted by Gasteiger charge is 2.17. The minimum atomic E-state index is 0. The van der Waals surface area contributed by atoms with Crippen molar-refractivity contribution in [2.45, 2.75) is 20.0 Å². The molecule has 0 N–H and O–H groups in total. The highest BCUT2D eigenvalue weighted by atomic mass is 32.1. The number of rotatable bonds is 7. The van der Waals surface area contributed by atoms with Crippen molar-refractivity contribution in [3.63, 3.8) is 0 Å². The van der Waals surface area contributed by atoms with Gasteiger partial charge in [0.2, 0.25) is 0 Å². The highest BCUT2D eigenvalue weighted by molar-refractivity contribution is 7.10. The third-order valence-electron chi connectivity index (χ3n) is 3.90. The van der Waals surface area contributed by atoms with Crippen LogP contribution in [0, 0.1) is 0 Å². The van der Waals surface area contributed by atoms with Gasteiger partial charge in [0, 0.05) is 30.3 Å². The molecule has 0 fully saturated rings. The summed E-state index contributed by atoms with van der Waals surface area (Å²) >= 11 is 1.73. The van der Waals surface area contributed by atoms with Crippen molar-refractivity contribution in [2.24, 2.45) is 0 Å². The van der Waals surface area contributed by atoms with E-state index in [1.807, 2.05) is 30.3 Å². The van der Waals surface area contributed by atoms with E-state index in [1.165, 1.54) is 10.3 Å². The van der Waals surface area contributed by atoms with Crippen LogP contribution in [0.25, 0.3) is 10.8 Å². The maximum atomic E-state index is 6.40. The molecule has 0 aliphatic heterocycles. The summed E-state index contributed by atoms with van der Waals surface area (Å²) in [6, 6.07) is 18.7. The zero-order valence-corrected chi connectivity index (χ0v) is 14.3. The lowest BCUT2D eigenvalue weighted by Crippen LogP contribution is -2.21. The molecule has 2 aromatic carbocycles. The Morgan fingerprint density at radius 1 is 1.04 bits per heavy atom. The van der Waals surface area contributed by atoms with Crippen LogP contribution in [0.4, 0.5) is 0 Å². The van der Waals surface area contributed by atoms with Gasteiger partial charge in [0.05, 0.1) is 7.11 Å². The van der Waals surface area contributed by atoms with Gasteiger partial charge in [-0.15, -0.1) is 11.3 Å². The van der Waals surface area contributed by atoms with Crippen molar-refractivity contribution in [1.29, 1.82) is 0 Å². The molecule has 1 heterocycles. The fourth-order valence-electron chi connectivity index (χ4n) is 2.58. The molecule has 24 heavy (non-hydrogen) atoms. The number of fused-ring (bicyclic) bond motifs is 1. The third kappa shape index (κ3) is 4.35. The van der Waals surface area contributed by atoms with Crippen molar-refractivity contribution in [3.8, 4) is 5.75 Å². The van der Waals surface area contributed by atoms with Crippen LogP contribution in [-0.4, -0.2) is 25.8 Å². The molecular formula is C20H25NO2S. The number of hydrogen-bond donors (Lipinski definition) is 0. The van der Waals surface area contributed by atoms with Crippen molar-refractivity contribution in [3.05, 3.63) is 64.9 Å². The van der Waals surface area contributed by atoms with Crippen LogP contribution in [0.15, 0.2) is 60.0 Å². The molecule has 1 atom stereocenters. The maximum absolute atomic E-state index is 6.40. The molecule has 0 saturated heterocycles. The molecule has 4 heteroatoms. The van der Waals surface area contributed by atoms with Crippen molar-refractivity contribution in [2.75, 3.05) is 20.7 Å². The molecule has 3 aromatic rings. The van der Waals surface area contributed by atoms with E-state index >= 15 is 0 Å². The van der Waals surface area contributed by atoms with Crippen LogP contribution in [0.1, 0.15) is 24.8 Å². The molecule has 1 aromatic heterocycles. The van der Waals surface area contributed by atoms with Gasteiger partial charge in [-0.25, -0.2) is 0 Å². The van der Waals surface area contributed by atoms with Gasteiger partial charge in [-0.3, -0.25) is 0 Å². The Bertz CT molecular complexity index is 737. The van der Waals surface area contributed by atoms with Crippen LogP contribution in [0.2, 0.25) is 0 Å². The van der Waals surface area contributed by atoms with E-state index in [0.717, 1.165) is 24.1 Å². The van der Waals surface area contributed by atoms with Crippen LogP contribution in [0.5, 0.6) is 5.75 Å². The van der Waals surface area contributed by atoms with Gasteiger partial charge in [-0.1, -0.05) is 49.9 Å². The van der Waals surface area contributed by atoms with E-state index < -0.39 is 0 Å². The van der Waals surface area contributed by atoms with Crippen molar-refractivity contribution < 1.29 is 9.57 Å². The summed E-state index contributed by atoms with van der Waals surface area (Å²) in [5, 5.41) is 6.27. The summed E-state index contributed by atoms with van der Waals surface area (Å²) in [4.78, 5) is 6.46. The van der Waals surface area contributed by atoms with Crippen molar-refractivity contribution in [1.82, 2.24) is 5.06 Å². The summed E-state index contributed by atoms with van der Waals surface area (Å²) in [5.41, 5.74) is 0. The summed E-state index contributed by atoms with van der Waals surface area (Å²) in [6.07, 6.45) is 0.895. The largest absolute Gasteiger partial charge is 0.484 e. The average molecular weight is 343 g/mol. The summed E-state index contributed by atoms with van der Waals surface area (Å²) in [6.45, 7) is 0.809. The van der Waals surface area contributed by atoms with E-state index in [-0.39, 0.29) is 13.5 Å². The molecule has 0 saturated carbocycles. The first kappa shape index (κ1) is 18.5. The monoisotopic (exact) mass is 343 g/mol. The Labute approximate surface area is 148 Å². The number of nitrogens with zero attached hydrogens (tertiary/aromatic N) is 1. The SMILES string of the molecule is C.CON(C)CC[C@H](Oc1cccc2ccccc12)c1cccs1. The Hall–Kier alpha value is -1.88. The second kappa shape index (κ2) is 8.83. The van der Waals surface area contributed by atoms with Gasteiger partial charge in [-0.05, 0) is 22.9 Å². The number of hydrogen-bond acceptors (Lipinski definition) is 4. The topological polar surface area (TPSA) is 21.7 Å². The lowest BCUT2D eigenvalue weighted by Gasteiger charge is -2.21. The molecule has 128 valence electrons. The lowest BCUT2D eigenvalue weighted by atomic mass is 10.1. The van der Waals surface area contributed by atoms with Gasteiger partial charge in [0.25, 0.3) is 0 Å². The Balaban J connectivity index is 0.00000208. The zero-order valence-electron chi connectivity index (χ0n) is 13.4. The van der Waals surface area contributed by atoms with Crippen LogP contribution >= 0.6 is 11.3 Å². The molecule has 0 bridgehead atoms. The van der Waals surface area contributed by atoms with E-state index in [1.54, 1.807) is 18.4 Å². The number of benzene rings is 2. The lowest BCUT2D eigenvalue weighted by molar-refractivity contribution is -0.113. The molecule has 3 nitrogen and oxygen atoms in total. The average Bonchev–Trinajstić information content (AvgIpc) is 3.12. The van der Waals surface area contributed by atoms with Gasteiger partial charge in [-0.2, -0.15) is 5.06 Å². The minimum Gasteiger partial charge on any atom is -0.484 e. The van der Waals surface area contributed by atoms with Gasteiger partial charge >= 0.3 is 0 Å². The number of ether oxygens (including phenoxy) is 1. The smallest absolute Gasteiger partial charge is 0.134 e. The minimum absolute atomic E-state index is 0. The van der Waals surface area contributed by atoms with Gasteiger partial charge in [0.15, 0.2) is 0 Å². The normalized spacial score (nSPS) is 12.1. The fraction of sp³-hybridized carbons (Fsp3) is 0.300. The predicted molar refractivity (Wildman–Crippen MR) is 103 cm³/mol. The van der Waals surface area contributed by atoms with Crippen LogP contribution in [-0.2, 0) is 4.84 Å². The first-order valence-electron chi connectivity index (χ1n) is 7.71. The molecule has 0 spiro atoms. The second-order valence-corrected chi connectivity index (χ2v) is 6.40. The van der Waals surface area contributed by atoms with E-state index in [2.05, 4.69) is 41.8 Å². The first-order chi connectivity index (χ1) is 11.3. The molecule has 0 aliphatic carbocycles. The van der Waals surface area contributed by atoms with Crippen LogP contribution < -0.4 is 4.74 Å². The molecule has 0 unspecified atom stereocenters. The Morgan fingerprint density at radius 2 is 1.83 bits per heavy atom. The number of thiophene rings is 1. The molecule has 3 rings (SSSR count). The van der Waals surface area contributed by atoms with E-state index in [9.17, 15) is 0 Å². The molecule has 0 aliphatic rings. The summed E-state index contributed by atoms with van der Waals surface area (Å²) in [7, 11) is 3.62. The van der Waals surface area contributed by atoms with E-state index in [4.69, 9.17) is 9.57 Å². The summed E-state index contributed by atoms with van der Waals surface area (Å²) in [5.74, 6) is 0.932. The van der Waals surface area contributed by atoms with Crippen LogP contribution in [0.3, 0.4) is 0 Å². The Kier molecular flexibility index (Phi) is 6.79. The van der Waals surface area contributed by atoms with Gasteiger partial charge in [0.1, 0.15) is 11.9 Å². The highest BCUT2D eigenvalue weighted by Crippen LogP contribution is 2.32. The maximum Gasteiger partial charge on any atom is 0.134 e. The molecule has 0 amide bonds. The fourth-order valence-corrected chi connectivity index (χ4v) is 3.36. The Morgan fingerprint density at radius 3 is 2.58 bits per heavy atom. The molecular weight excluding hydrogens is 318 g/mol. The zero-order chi connectivity index (χ0) is 16.1. The predicted octanol–water partition coefficient (Wildman–Crippen LogP) is 5.54. The third-order valence-corrected chi connectivity index (χ3v) is 4.86. The standard InChI is InChI=1S/C19H21NO2S.CH4/c1-20(21-2)13-12-18(19-11-6-14-23-19)22-17-10-5-8-15-7-3-4-9-16(15)17;/h3-11,14,18H,12-13H2,1-2H3;1H4/t18-;/m0./s1. The quantitative estimate of drug-likeness (QED) is 0.526. The second-order valence-electron chi connectivity index (χ2n) is 5.42.